The second kappa shape index (κ2) is 6.58. The summed E-state index contributed by atoms with van der Waals surface area (Å²) in [6.07, 6.45) is 0. The van der Waals surface area contributed by atoms with Crippen LogP contribution in [-0.4, -0.2) is 7.11 Å². The summed E-state index contributed by atoms with van der Waals surface area (Å²) in [5, 5.41) is 0.543. The predicted octanol–water partition coefficient (Wildman–Crippen LogP) is 5.72. The van der Waals surface area contributed by atoms with Crippen molar-refractivity contribution in [3.05, 3.63) is 61.7 Å². The molecule has 0 aliphatic heterocycles. The largest absolute Gasteiger partial charge is 0.497 e. The summed E-state index contributed by atoms with van der Waals surface area (Å²) in [5.74, 6) is -1.19. The van der Waals surface area contributed by atoms with E-state index in [0.717, 1.165) is 15.7 Å². The summed E-state index contributed by atoms with van der Waals surface area (Å²) in [6.45, 7) is 0. The highest BCUT2D eigenvalue weighted by Crippen LogP contribution is 2.37. The number of methoxy groups -OCH3 is 1. The van der Waals surface area contributed by atoms with Crippen LogP contribution in [0.15, 0.2) is 30.3 Å². The van der Waals surface area contributed by atoms with Crippen molar-refractivity contribution in [3.8, 4) is 5.75 Å². The number of rotatable bonds is 3. The second-order valence-electron chi connectivity index (χ2n) is 4.04. The van der Waals surface area contributed by atoms with E-state index in [9.17, 15) is 8.78 Å². The summed E-state index contributed by atoms with van der Waals surface area (Å²) in [6, 6.07) is 7.57. The lowest BCUT2D eigenvalue weighted by atomic mass is 10.0. The molecule has 20 heavy (non-hydrogen) atoms. The van der Waals surface area contributed by atoms with Crippen LogP contribution in [0.1, 0.15) is 16.0 Å². The minimum atomic E-state index is -0.668. The number of halogens is 5. The molecule has 0 fully saturated rings. The zero-order valence-electron chi connectivity index (χ0n) is 10.3. The van der Waals surface area contributed by atoms with E-state index in [2.05, 4.69) is 38.5 Å². The number of ether oxygens (including phenoxy) is 1. The van der Waals surface area contributed by atoms with Crippen LogP contribution in [0.3, 0.4) is 0 Å². The van der Waals surface area contributed by atoms with Gasteiger partial charge in [0.05, 0.1) is 17.0 Å². The molecule has 0 aromatic heterocycles. The maximum atomic E-state index is 14.0. The molecule has 0 amide bonds. The summed E-state index contributed by atoms with van der Waals surface area (Å²) in [5.41, 5.74) is 0.612. The van der Waals surface area contributed by atoms with Gasteiger partial charge in [0.25, 0.3) is 0 Å². The van der Waals surface area contributed by atoms with Gasteiger partial charge in [-0.15, -0.1) is 0 Å². The zero-order chi connectivity index (χ0) is 14.9. The molecule has 0 aliphatic carbocycles. The molecule has 1 nitrogen and oxygen atoms in total. The Hall–Kier alpha value is -0.400. The van der Waals surface area contributed by atoms with Crippen molar-refractivity contribution < 1.29 is 13.5 Å². The molecule has 1 unspecified atom stereocenters. The Morgan fingerprint density at radius 1 is 1.20 bits per heavy atom. The Labute approximate surface area is 142 Å². The SMILES string of the molecule is COc1cc(F)c(C(Br)c2ccc(I)c(Cl)c2)c(F)c1. The molecular weight excluding hydrogens is 464 g/mol. The lowest BCUT2D eigenvalue weighted by molar-refractivity contribution is 0.405. The molecule has 1 atom stereocenters. The molecule has 106 valence electrons. The molecule has 0 spiro atoms. The Balaban J connectivity index is 2.47. The molecule has 2 aromatic rings. The highest BCUT2D eigenvalue weighted by atomic mass is 127. The molecule has 0 N–H and O–H groups in total. The van der Waals surface area contributed by atoms with E-state index in [1.807, 2.05) is 0 Å². The van der Waals surface area contributed by atoms with Crippen LogP contribution >= 0.6 is 50.1 Å². The van der Waals surface area contributed by atoms with Crippen molar-refractivity contribution in [1.29, 1.82) is 0 Å². The molecule has 0 radical (unpaired) electrons. The van der Waals surface area contributed by atoms with E-state index in [0.29, 0.717) is 10.6 Å². The Morgan fingerprint density at radius 2 is 1.80 bits per heavy atom. The van der Waals surface area contributed by atoms with Crippen LogP contribution in [0.4, 0.5) is 8.78 Å². The van der Waals surface area contributed by atoms with Crippen molar-refractivity contribution in [2.75, 3.05) is 7.11 Å². The standard InChI is InChI=1S/C14H9BrClF2IO/c1-20-8-5-10(17)13(11(18)6-8)14(15)7-2-3-12(19)9(16)4-7/h2-6,14H,1H3. The first kappa shape index (κ1) is 16.0. The van der Waals surface area contributed by atoms with Gasteiger partial charge in [0, 0.05) is 21.3 Å². The van der Waals surface area contributed by atoms with Gasteiger partial charge in [-0.3, -0.25) is 0 Å². The van der Waals surface area contributed by atoms with E-state index in [1.165, 1.54) is 7.11 Å². The first-order chi connectivity index (χ1) is 9.43. The number of benzene rings is 2. The van der Waals surface area contributed by atoms with Crippen molar-refractivity contribution in [3.63, 3.8) is 0 Å². The fourth-order valence-corrected chi connectivity index (χ4v) is 3.00. The highest BCUT2D eigenvalue weighted by molar-refractivity contribution is 14.1. The van der Waals surface area contributed by atoms with Crippen molar-refractivity contribution in [2.24, 2.45) is 0 Å². The van der Waals surface area contributed by atoms with Crippen LogP contribution in [0.5, 0.6) is 5.75 Å². The lowest BCUT2D eigenvalue weighted by Gasteiger charge is -2.14. The molecule has 0 aliphatic rings. The fourth-order valence-electron chi connectivity index (χ4n) is 1.76. The normalized spacial score (nSPS) is 12.3. The van der Waals surface area contributed by atoms with Crippen LogP contribution in [0, 0.1) is 15.2 Å². The van der Waals surface area contributed by atoms with Crippen molar-refractivity contribution in [1.82, 2.24) is 0 Å². The average molecular weight is 473 g/mol. The van der Waals surface area contributed by atoms with Crippen molar-refractivity contribution in [2.45, 2.75) is 4.83 Å². The second-order valence-corrected chi connectivity index (χ2v) is 6.53. The third kappa shape index (κ3) is 3.26. The molecule has 0 saturated carbocycles. The Morgan fingerprint density at radius 3 is 2.30 bits per heavy atom. The van der Waals surface area contributed by atoms with Crippen LogP contribution in [0.2, 0.25) is 5.02 Å². The topological polar surface area (TPSA) is 9.23 Å². The third-order valence-electron chi connectivity index (χ3n) is 2.78. The Kier molecular flexibility index (Phi) is 5.25. The maximum absolute atomic E-state index is 14.0. The van der Waals surface area contributed by atoms with Gasteiger partial charge in [0.15, 0.2) is 0 Å². The molecule has 0 heterocycles. The summed E-state index contributed by atoms with van der Waals surface area (Å²) in [4.78, 5) is -0.622. The highest BCUT2D eigenvalue weighted by Gasteiger charge is 2.21. The van der Waals surface area contributed by atoms with Gasteiger partial charge >= 0.3 is 0 Å². The van der Waals surface area contributed by atoms with Crippen molar-refractivity contribution >= 4 is 50.1 Å². The van der Waals surface area contributed by atoms with Gasteiger partial charge in [-0.25, -0.2) is 8.78 Å². The minimum Gasteiger partial charge on any atom is -0.497 e. The Bertz CT molecular complexity index is 628. The molecule has 6 heteroatoms. The molecule has 2 aromatic carbocycles. The number of hydrogen-bond acceptors (Lipinski definition) is 1. The molecule has 0 saturated heterocycles. The summed E-state index contributed by atoms with van der Waals surface area (Å²) in [7, 11) is 1.36. The monoisotopic (exact) mass is 472 g/mol. The lowest BCUT2D eigenvalue weighted by Crippen LogP contribution is -2.02. The van der Waals surface area contributed by atoms with Crippen LogP contribution in [0.25, 0.3) is 0 Å². The smallest absolute Gasteiger partial charge is 0.134 e. The van der Waals surface area contributed by atoms with E-state index in [1.54, 1.807) is 18.2 Å². The van der Waals surface area contributed by atoms with Gasteiger partial charge < -0.3 is 4.74 Å². The number of hydrogen-bond donors (Lipinski definition) is 0. The van der Waals surface area contributed by atoms with Gasteiger partial charge in [0.1, 0.15) is 17.4 Å². The first-order valence-corrected chi connectivity index (χ1v) is 7.93. The average Bonchev–Trinajstić information content (AvgIpc) is 2.40. The van der Waals surface area contributed by atoms with E-state index in [4.69, 9.17) is 16.3 Å². The third-order valence-corrected chi connectivity index (χ3v) is 5.34. The molecule has 2 rings (SSSR count). The minimum absolute atomic E-state index is 0.0666. The zero-order valence-corrected chi connectivity index (χ0v) is 14.8. The fraction of sp³-hybridized carbons (Fsp3) is 0.143. The van der Waals surface area contributed by atoms with E-state index in [-0.39, 0.29) is 11.3 Å². The first-order valence-electron chi connectivity index (χ1n) is 5.56. The molecule has 0 bridgehead atoms. The number of alkyl halides is 1. The molecular formula is C14H9BrClF2IO. The van der Waals surface area contributed by atoms with Gasteiger partial charge in [-0.05, 0) is 40.3 Å². The van der Waals surface area contributed by atoms with Gasteiger partial charge in [-0.1, -0.05) is 33.6 Å². The maximum Gasteiger partial charge on any atom is 0.134 e. The quantitative estimate of drug-likeness (QED) is 0.410. The summed E-state index contributed by atoms with van der Waals surface area (Å²) < 4.78 is 33.8. The van der Waals surface area contributed by atoms with Gasteiger partial charge in [-0.2, -0.15) is 0 Å². The van der Waals surface area contributed by atoms with Crippen LogP contribution < -0.4 is 4.74 Å². The summed E-state index contributed by atoms with van der Waals surface area (Å²) >= 11 is 11.4. The predicted molar refractivity (Wildman–Crippen MR) is 87.8 cm³/mol. The van der Waals surface area contributed by atoms with Crippen LogP contribution in [-0.2, 0) is 0 Å². The van der Waals surface area contributed by atoms with E-state index < -0.39 is 16.5 Å². The van der Waals surface area contributed by atoms with Gasteiger partial charge in [0.2, 0.25) is 0 Å². The van der Waals surface area contributed by atoms with E-state index >= 15 is 0 Å².